The van der Waals surface area contributed by atoms with E-state index in [-0.39, 0.29) is 10.6 Å². The molecule has 0 radical (unpaired) electrons. The molecule has 0 aliphatic rings. The first-order valence-corrected chi connectivity index (χ1v) is 4.92. The van der Waals surface area contributed by atoms with Gasteiger partial charge in [0.25, 0.3) is 5.69 Å². The Kier molecular flexibility index (Phi) is 1.96. The van der Waals surface area contributed by atoms with E-state index < -0.39 is 0 Å². The molecule has 14 heavy (non-hydrogen) atoms. The van der Waals surface area contributed by atoms with Gasteiger partial charge < -0.3 is 0 Å². The molecule has 0 unspecified atom stereocenters. The van der Waals surface area contributed by atoms with Gasteiger partial charge in [-0.25, -0.2) is 4.98 Å². The largest absolute Gasteiger partial charge is 0.291 e. The molecule has 0 saturated carbocycles. The van der Waals surface area contributed by atoms with Crippen LogP contribution in [0, 0.1) is 24.0 Å². The number of aryl methyl sites for hydroxylation is 2. The maximum Gasteiger partial charge on any atom is 0.291 e. The zero-order chi connectivity index (χ0) is 10.3. The molecule has 0 aliphatic heterocycles. The molecule has 4 nitrogen and oxygen atoms in total. The fourth-order valence-corrected chi connectivity index (χ4v) is 2.40. The van der Waals surface area contributed by atoms with E-state index >= 15 is 0 Å². The number of nitro groups is 1. The quantitative estimate of drug-likeness (QED) is 0.534. The molecule has 0 N–H and O–H groups in total. The van der Waals surface area contributed by atoms with Crippen LogP contribution in [0.4, 0.5) is 5.69 Å². The van der Waals surface area contributed by atoms with E-state index in [1.165, 1.54) is 11.3 Å². The number of benzene rings is 1. The summed E-state index contributed by atoms with van der Waals surface area (Å²) in [6, 6.07) is 3.56. The fourth-order valence-electron chi connectivity index (χ4n) is 1.41. The van der Waals surface area contributed by atoms with Crippen LogP contribution in [0.5, 0.6) is 0 Å². The van der Waals surface area contributed by atoms with E-state index in [2.05, 4.69) is 4.98 Å². The molecule has 2 rings (SSSR count). The Morgan fingerprint density at radius 1 is 1.43 bits per heavy atom. The van der Waals surface area contributed by atoms with E-state index in [0.717, 1.165) is 5.01 Å². The summed E-state index contributed by atoms with van der Waals surface area (Å²) in [4.78, 5) is 14.7. The van der Waals surface area contributed by atoms with Crippen molar-refractivity contribution in [3.63, 3.8) is 0 Å². The minimum absolute atomic E-state index is 0.188. The minimum Gasteiger partial charge on any atom is -0.258 e. The normalized spacial score (nSPS) is 10.7. The van der Waals surface area contributed by atoms with Gasteiger partial charge in [0.1, 0.15) is 4.70 Å². The number of nitro benzene ring substituents is 1. The van der Waals surface area contributed by atoms with Crippen LogP contribution in [0.1, 0.15) is 10.6 Å². The number of fused-ring (bicyclic) bond motifs is 1. The van der Waals surface area contributed by atoms with Crippen molar-refractivity contribution < 1.29 is 4.92 Å². The second-order valence-corrected chi connectivity index (χ2v) is 4.27. The van der Waals surface area contributed by atoms with Crippen molar-refractivity contribution in [1.29, 1.82) is 0 Å². The molecule has 0 atom stereocenters. The van der Waals surface area contributed by atoms with Gasteiger partial charge in [0.05, 0.1) is 15.4 Å². The molecule has 1 aromatic heterocycles. The highest BCUT2D eigenvalue weighted by molar-refractivity contribution is 7.19. The summed E-state index contributed by atoms with van der Waals surface area (Å²) in [5, 5.41) is 11.7. The lowest BCUT2D eigenvalue weighted by molar-refractivity contribution is -0.383. The molecule has 0 amide bonds. The number of nitrogens with zero attached hydrogens (tertiary/aromatic N) is 2. The lowest BCUT2D eigenvalue weighted by atomic mass is 10.2. The molecule has 1 heterocycles. The minimum atomic E-state index is -0.338. The Bertz CT molecular complexity index is 519. The Balaban J connectivity index is 2.88. The molecule has 0 fully saturated rings. The highest BCUT2D eigenvalue weighted by Gasteiger charge is 2.18. The van der Waals surface area contributed by atoms with Gasteiger partial charge >= 0.3 is 0 Å². The predicted octanol–water partition coefficient (Wildman–Crippen LogP) is 2.82. The summed E-state index contributed by atoms with van der Waals surface area (Å²) in [5.74, 6) is 0. The molecule has 1 aromatic carbocycles. The van der Waals surface area contributed by atoms with Crippen LogP contribution in [0.25, 0.3) is 10.2 Å². The third-order valence-corrected chi connectivity index (χ3v) is 3.02. The average Bonchev–Trinajstić information content (AvgIpc) is 2.43. The number of hydrogen-bond donors (Lipinski definition) is 0. The van der Waals surface area contributed by atoms with Crippen LogP contribution >= 0.6 is 11.3 Å². The van der Waals surface area contributed by atoms with E-state index in [0.29, 0.717) is 15.8 Å². The lowest BCUT2D eigenvalue weighted by Gasteiger charge is -1.96. The van der Waals surface area contributed by atoms with Crippen molar-refractivity contribution in [2.75, 3.05) is 0 Å². The third kappa shape index (κ3) is 1.26. The van der Waals surface area contributed by atoms with Crippen LogP contribution in [0.3, 0.4) is 0 Å². The molecule has 5 heteroatoms. The molecular weight excluding hydrogens is 200 g/mol. The fraction of sp³-hybridized carbons (Fsp3) is 0.222. The Morgan fingerprint density at radius 2 is 2.14 bits per heavy atom. The van der Waals surface area contributed by atoms with Gasteiger partial charge in [-0.05, 0) is 19.9 Å². The Morgan fingerprint density at radius 3 is 2.79 bits per heavy atom. The maximum atomic E-state index is 10.8. The summed E-state index contributed by atoms with van der Waals surface area (Å²) >= 11 is 1.37. The Hall–Kier alpha value is -1.49. The van der Waals surface area contributed by atoms with E-state index in [9.17, 15) is 10.1 Å². The lowest BCUT2D eigenvalue weighted by Crippen LogP contribution is -1.91. The molecule has 0 saturated heterocycles. The van der Waals surface area contributed by atoms with Crippen LogP contribution < -0.4 is 0 Å². The Labute approximate surface area is 84.4 Å². The first kappa shape index (κ1) is 9.08. The summed E-state index contributed by atoms with van der Waals surface area (Å²) in [7, 11) is 0. The van der Waals surface area contributed by atoms with Crippen molar-refractivity contribution in [2.45, 2.75) is 13.8 Å². The molecule has 0 bridgehead atoms. The van der Waals surface area contributed by atoms with Gasteiger partial charge in [-0.15, -0.1) is 11.3 Å². The average molecular weight is 208 g/mol. The second-order valence-electron chi connectivity index (χ2n) is 3.07. The smallest absolute Gasteiger partial charge is 0.258 e. The van der Waals surface area contributed by atoms with Crippen LogP contribution in [-0.4, -0.2) is 9.91 Å². The highest BCUT2D eigenvalue weighted by Crippen LogP contribution is 2.33. The van der Waals surface area contributed by atoms with E-state index in [4.69, 9.17) is 0 Å². The van der Waals surface area contributed by atoms with Crippen molar-refractivity contribution in [3.05, 3.63) is 32.8 Å². The summed E-state index contributed by atoms with van der Waals surface area (Å²) < 4.78 is 0.674. The van der Waals surface area contributed by atoms with Crippen molar-refractivity contribution in [1.82, 2.24) is 4.98 Å². The van der Waals surface area contributed by atoms with Crippen LogP contribution in [0.2, 0.25) is 0 Å². The highest BCUT2D eigenvalue weighted by atomic mass is 32.1. The molecule has 2 aromatic rings. The van der Waals surface area contributed by atoms with Gasteiger partial charge in [0.2, 0.25) is 0 Å². The van der Waals surface area contributed by atoms with E-state index in [1.807, 2.05) is 13.0 Å². The summed E-state index contributed by atoms with van der Waals surface area (Å²) in [6.07, 6.45) is 0. The van der Waals surface area contributed by atoms with E-state index in [1.54, 1.807) is 13.0 Å². The van der Waals surface area contributed by atoms with Crippen LogP contribution in [0.15, 0.2) is 12.1 Å². The van der Waals surface area contributed by atoms with Gasteiger partial charge in [-0.1, -0.05) is 6.07 Å². The zero-order valence-corrected chi connectivity index (χ0v) is 8.59. The van der Waals surface area contributed by atoms with Gasteiger partial charge in [-0.3, -0.25) is 10.1 Å². The summed E-state index contributed by atoms with van der Waals surface area (Å²) in [6.45, 7) is 3.59. The monoisotopic (exact) mass is 208 g/mol. The maximum absolute atomic E-state index is 10.8. The van der Waals surface area contributed by atoms with Crippen molar-refractivity contribution >= 4 is 27.2 Å². The first-order chi connectivity index (χ1) is 6.59. The number of hydrogen-bond acceptors (Lipinski definition) is 4. The number of thiazole rings is 1. The standard InChI is InChI=1S/C9H8N2O2S/c1-5-3-4-7-9(8(5)11(12)13)14-6(2)10-7/h3-4H,1-2H3. The molecule has 0 spiro atoms. The molecule has 0 aliphatic carbocycles. The first-order valence-electron chi connectivity index (χ1n) is 4.10. The van der Waals surface area contributed by atoms with Crippen molar-refractivity contribution in [3.8, 4) is 0 Å². The SMILES string of the molecule is Cc1nc2ccc(C)c([N+](=O)[O-])c2s1. The summed E-state index contributed by atoms with van der Waals surface area (Å²) in [5.41, 5.74) is 1.59. The third-order valence-electron chi connectivity index (χ3n) is 2.02. The van der Waals surface area contributed by atoms with Gasteiger partial charge in [0.15, 0.2) is 0 Å². The van der Waals surface area contributed by atoms with Crippen LogP contribution in [-0.2, 0) is 0 Å². The second kappa shape index (κ2) is 3.02. The molecule has 72 valence electrons. The predicted molar refractivity (Wildman–Crippen MR) is 55.7 cm³/mol. The molecular formula is C9H8N2O2S. The zero-order valence-electron chi connectivity index (χ0n) is 7.77. The van der Waals surface area contributed by atoms with Gasteiger partial charge in [-0.2, -0.15) is 0 Å². The van der Waals surface area contributed by atoms with Gasteiger partial charge in [0, 0.05) is 5.56 Å². The number of aromatic nitrogens is 1. The number of rotatable bonds is 1. The van der Waals surface area contributed by atoms with Crippen molar-refractivity contribution in [2.24, 2.45) is 0 Å². The topological polar surface area (TPSA) is 56.0 Å².